The Kier molecular flexibility index (Phi) is 4.81. The molecule has 2 aromatic rings. The van der Waals surface area contributed by atoms with Gasteiger partial charge in [-0.05, 0) is 30.7 Å². The van der Waals surface area contributed by atoms with E-state index in [1.165, 1.54) is 6.07 Å². The van der Waals surface area contributed by atoms with Gasteiger partial charge in [0.05, 0.1) is 5.02 Å². The molecule has 122 valence electrons. The van der Waals surface area contributed by atoms with Gasteiger partial charge >= 0.3 is 0 Å². The van der Waals surface area contributed by atoms with Gasteiger partial charge in [-0.2, -0.15) is 5.10 Å². The maximum absolute atomic E-state index is 13.2. The normalized spacial score (nSPS) is 17.5. The molecule has 1 saturated heterocycles. The number of nitrogens with one attached hydrogen (secondary N) is 1. The van der Waals surface area contributed by atoms with E-state index in [4.69, 9.17) is 11.6 Å². The van der Waals surface area contributed by atoms with Gasteiger partial charge in [0, 0.05) is 50.2 Å². The molecule has 2 heterocycles. The van der Waals surface area contributed by atoms with Gasteiger partial charge in [0.2, 0.25) is 5.91 Å². The van der Waals surface area contributed by atoms with Crippen LogP contribution in [0.1, 0.15) is 12.8 Å². The Balaban J connectivity index is 1.49. The largest absolute Gasteiger partial charge is 0.369 e. The molecule has 3 rings (SSSR count). The van der Waals surface area contributed by atoms with Crippen LogP contribution in [-0.4, -0.2) is 34.8 Å². The van der Waals surface area contributed by atoms with E-state index < -0.39 is 5.82 Å². The van der Waals surface area contributed by atoms with Gasteiger partial charge in [-0.1, -0.05) is 11.6 Å². The summed E-state index contributed by atoms with van der Waals surface area (Å²) in [6, 6.07) is 6.64. The van der Waals surface area contributed by atoms with Gasteiger partial charge in [-0.3, -0.25) is 9.48 Å². The van der Waals surface area contributed by atoms with E-state index in [0.717, 1.165) is 18.7 Å². The van der Waals surface area contributed by atoms with Crippen molar-refractivity contribution >= 4 is 23.2 Å². The highest BCUT2D eigenvalue weighted by Crippen LogP contribution is 2.25. The fourth-order valence-corrected chi connectivity index (χ4v) is 2.92. The van der Waals surface area contributed by atoms with Gasteiger partial charge in [0.1, 0.15) is 5.82 Å². The van der Waals surface area contributed by atoms with Gasteiger partial charge < -0.3 is 10.2 Å². The molecule has 5 nitrogen and oxygen atoms in total. The number of aromatic nitrogens is 2. The first-order valence-electron chi connectivity index (χ1n) is 7.58. The number of carbonyl (C=O) groups excluding carboxylic acids is 1. The maximum Gasteiger partial charge on any atom is 0.222 e. The van der Waals surface area contributed by atoms with Gasteiger partial charge in [-0.15, -0.1) is 0 Å². The van der Waals surface area contributed by atoms with E-state index in [1.54, 1.807) is 23.0 Å². The van der Waals surface area contributed by atoms with Crippen molar-refractivity contribution in [1.29, 1.82) is 0 Å². The van der Waals surface area contributed by atoms with Crippen molar-refractivity contribution in [2.24, 2.45) is 0 Å². The minimum atomic E-state index is -0.418. The number of hydrogen-bond acceptors (Lipinski definition) is 3. The predicted octanol–water partition coefficient (Wildman–Crippen LogP) is 2.46. The topological polar surface area (TPSA) is 50.2 Å². The Bertz CT molecular complexity index is 677. The van der Waals surface area contributed by atoms with Crippen molar-refractivity contribution in [3.63, 3.8) is 0 Å². The highest BCUT2D eigenvalue weighted by atomic mass is 35.5. The summed E-state index contributed by atoms with van der Waals surface area (Å²) >= 11 is 5.82. The van der Waals surface area contributed by atoms with E-state index in [1.807, 2.05) is 12.3 Å². The number of amides is 1. The Morgan fingerprint density at radius 1 is 1.48 bits per heavy atom. The zero-order valence-electron chi connectivity index (χ0n) is 12.6. The molecule has 1 aliphatic heterocycles. The average Bonchev–Trinajstić information content (AvgIpc) is 3.19. The quantitative estimate of drug-likeness (QED) is 0.912. The average molecular weight is 337 g/mol. The number of anilines is 1. The summed E-state index contributed by atoms with van der Waals surface area (Å²) in [5.74, 6) is -0.400. The molecule has 0 unspecified atom stereocenters. The zero-order valence-corrected chi connectivity index (χ0v) is 13.3. The van der Waals surface area contributed by atoms with Crippen molar-refractivity contribution in [2.75, 3.05) is 18.0 Å². The van der Waals surface area contributed by atoms with Gasteiger partial charge in [0.25, 0.3) is 0 Å². The van der Waals surface area contributed by atoms with Crippen LogP contribution in [-0.2, 0) is 11.3 Å². The van der Waals surface area contributed by atoms with Crippen LogP contribution in [0.25, 0.3) is 0 Å². The van der Waals surface area contributed by atoms with Crippen LogP contribution in [0.2, 0.25) is 5.02 Å². The summed E-state index contributed by atoms with van der Waals surface area (Å²) in [6.07, 6.45) is 4.80. The monoisotopic (exact) mass is 336 g/mol. The Hall–Kier alpha value is -2.08. The second kappa shape index (κ2) is 7.00. The smallest absolute Gasteiger partial charge is 0.222 e. The molecule has 1 atom stereocenters. The molecule has 1 amide bonds. The molecule has 23 heavy (non-hydrogen) atoms. The van der Waals surface area contributed by atoms with E-state index in [0.29, 0.717) is 19.5 Å². The third-order valence-corrected chi connectivity index (χ3v) is 4.24. The number of hydrogen-bond donors (Lipinski definition) is 1. The Morgan fingerprint density at radius 3 is 3.09 bits per heavy atom. The summed E-state index contributed by atoms with van der Waals surface area (Å²) in [5.41, 5.74) is 0.879. The van der Waals surface area contributed by atoms with Crippen LogP contribution >= 0.6 is 11.6 Å². The van der Waals surface area contributed by atoms with Crippen LogP contribution in [0.3, 0.4) is 0 Å². The second-order valence-electron chi connectivity index (χ2n) is 5.62. The van der Waals surface area contributed by atoms with E-state index in [9.17, 15) is 9.18 Å². The van der Waals surface area contributed by atoms with Crippen LogP contribution in [0.4, 0.5) is 10.1 Å². The lowest BCUT2D eigenvalue weighted by Gasteiger charge is -2.19. The minimum Gasteiger partial charge on any atom is -0.369 e. The first kappa shape index (κ1) is 15.8. The maximum atomic E-state index is 13.2. The zero-order chi connectivity index (χ0) is 16.2. The lowest BCUT2D eigenvalue weighted by Crippen LogP contribution is -2.37. The molecule has 1 aromatic carbocycles. The summed E-state index contributed by atoms with van der Waals surface area (Å²) in [7, 11) is 0. The number of nitrogens with zero attached hydrogens (tertiary/aromatic N) is 3. The Morgan fingerprint density at radius 2 is 2.35 bits per heavy atom. The van der Waals surface area contributed by atoms with Crippen molar-refractivity contribution < 1.29 is 9.18 Å². The molecule has 1 aliphatic rings. The van der Waals surface area contributed by atoms with Crippen molar-refractivity contribution in [1.82, 2.24) is 15.1 Å². The third-order valence-electron chi connectivity index (χ3n) is 3.95. The van der Waals surface area contributed by atoms with Crippen LogP contribution in [0.5, 0.6) is 0 Å². The molecule has 7 heteroatoms. The number of carbonyl (C=O) groups is 1. The number of rotatable bonds is 5. The van der Waals surface area contributed by atoms with Crippen LogP contribution in [0.15, 0.2) is 36.7 Å². The Labute approximate surface area is 139 Å². The molecule has 0 radical (unpaired) electrons. The molecular weight excluding hydrogens is 319 g/mol. The van der Waals surface area contributed by atoms with Crippen molar-refractivity contribution in [3.8, 4) is 0 Å². The molecular formula is C16H18ClFN4O. The molecule has 1 N–H and O–H groups in total. The highest BCUT2D eigenvalue weighted by Gasteiger charge is 2.24. The summed E-state index contributed by atoms with van der Waals surface area (Å²) in [6.45, 7) is 2.09. The fraction of sp³-hybridized carbons (Fsp3) is 0.375. The first-order valence-corrected chi connectivity index (χ1v) is 7.96. The third kappa shape index (κ3) is 4.01. The first-order chi connectivity index (χ1) is 11.1. The predicted molar refractivity (Wildman–Crippen MR) is 87.0 cm³/mol. The molecule has 0 saturated carbocycles. The van der Waals surface area contributed by atoms with Crippen molar-refractivity contribution in [3.05, 3.63) is 47.5 Å². The lowest BCUT2D eigenvalue weighted by molar-refractivity contribution is -0.121. The molecule has 0 spiro atoms. The SMILES string of the molecule is O=C(CCn1cccn1)N[C@H]1CCN(c2ccc(F)c(Cl)c2)C1. The van der Waals surface area contributed by atoms with Crippen LogP contribution < -0.4 is 10.2 Å². The van der Waals surface area contributed by atoms with Gasteiger partial charge in [0.15, 0.2) is 0 Å². The number of halogens is 2. The number of benzene rings is 1. The van der Waals surface area contributed by atoms with Crippen molar-refractivity contribution in [2.45, 2.75) is 25.4 Å². The van der Waals surface area contributed by atoms with Crippen LogP contribution in [0, 0.1) is 5.82 Å². The highest BCUT2D eigenvalue weighted by molar-refractivity contribution is 6.31. The van der Waals surface area contributed by atoms with Gasteiger partial charge in [-0.25, -0.2) is 4.39 Å². The van der Waals surface area contributed by atoms with E-state index >= 15 is 0 Å². The fourth-order valence-electron chi connectivity index (χ4n) is 2.74. The number of aryl methyl sites for hydroxylation is 1. The molecule has 1 aromatic heterocycles. The van der Waals surface area contributed by atoms with E-state index in [2.05, 4.69) is 15.3 Å². The summed E-state index contributed by atoms with van der Waals surface area (Å²) < 4.78 is 15.0. The summed E-state index contributed by atoms with van der Waals surface area (Å²) in [5, 5.41) is 7.23. The molecule has 0 aliphatic carbocycles. The second-order valence-corrected chi connectivity index (χ2v) is 6.02. The van der Waals surface area contributed by atoms with E-state index in [-0.39, 0.29) is 17.0 Å². The molecule has 1 fully saturated rings. The molecule has 0 bridgehead atoms. The minimum absolute atomic E-state index is 0.0180. The standard InChI is InChI=1S/C16H18ClFN4O/c17-14-10-13(2-3-15(14)18)21-8-4-12(11-21)20-16(23)5-9-22-7-1-6-19-22/h1-3,6-7,10,12H,4-5,8-9,11H2,(H,20,23)/t12-/m0/s1. The lowest BCUT2D eigenvalue weighted by atomic mass is 10.2. The summed E-state index contributed by atoms with van der Waals surface area (Å²) in [4.78, 5) is 14.1.